The minimum Gasteiger partial charge on any atom is -0.389 e. The molecule has 1 aromatic heterocycles. The first-order chi connectivity index (χ1) is 9.02. The first kappa shape index (κ1) is 13.5. The first-order valence-corrected chi connectivity index (χ1v) is 6.27. The van der Waals surface area contributed by atoms with Crippen LogP contribution < -0.4 is 11.4 Å². The average Bonchev–Trinajstić information content (AvgIpc) is 2.72. The maximum Gasteiger partial charge on any atom is 0.328 e. The van der Waals surface area contributed by atoms with Crippen LogP contribution in [0.2, 0.25) is 0 Å². The molecule has 19 heavy (non-hydrogen) atoms. The van der Waals surface area contributed by atoms with E-state index in [4.69, 9.17) is 18.0 Å². The Morgan fingerprint density at radius 1 is 1.37 bits per heavy atom. The molecule has 0 saturated carbocycles. The molecule has 2 N–H and O–H groups in total. The lowest BCUT2D eigenvalue weighted by Gasteiger charge is -2.06. The van der Waals surface area contributed by atoms with Crippen LogP contribution in [0, 0.1) is 5.82 Å². The fourth-order valence-electron chi connectivity index (χ4n) is 1.87. The number of rotatable bonds is 4. The monoisotopic (exact) mass is 279 g/mol. The molecule has 0 unspecified atom stereocenters. The molecule has 1 aromatic carbocycles. The number of thiocarbonyl (C=S) groups is 1. The highest BCUT2D eigenvalue weighted by Gasteiger charge is 2.08. The fourth-order valence-corrected chi connectivity index (χ4v) is 2.03. The van der Waals surface area contributed by atoms with E-state index >= 15 is 0 Å². The van der Waals surface area contributed by atoms with Crippen molar-refractivity contribution in [3.63, 3.8) is 0 Å². The van der Waals surface area contributed by atoms with E-state index in [1.807, 2.05) is 6.92 Å². The number of benzene rings is 1. The number of hydrogen-bond donors (Lipinski definition) is 1. The second-order valence-electron chi connectivity index (χ2n) is 4.17. The lowest BCUT2D eigenvalue weighted by molar-refractivity contribution is 0.622. The third-order valence-corrected chi connectivity index (χ3v) is 3.13. The topological polar surface area (TPSA) is 52.9 Å². The SMILES string of the molecule is CCn1ccn(Cc2ccc(F)c(C(N)=S)c2)c1=O. The Morgan fingerprint density at radius 3 is 2.63 bits per heavy atom. The first-order valence-electron chi connectivity index (χ1n) is 5.86. The van der Waals surface area contributed by atoms with Gasteiger partial charge in [-0.3, -0.25) is 9.13 Å². The third kappa shape index (κ3) is 2.73. The van der Waals surface area contributed by atoms with Gasteiger partial charge in [-0.1, -0.05) is 18.3 Å². The van der Waals surface area contributed by atoms with Crippen LogP contribution in [-0.2, 0) is 13.1 Å². The Balaban J connectivity index is 2.33. The molecular weight excluding hydrogens is 265 g/mol. The van der Waals surface area contributed by atoms with Gasteiger partial charge in [-0.15, -0.1) is 0 Å². The van der Waals surface area contributed by atoms with Gasteiger partial charge in [0.05, 0.1) is 6.54 Å². The fraction of sp³-hybridized carbons (Fsp3) is 0.231. The summed E-state index contributed by atoms with van der Waals surface area (Å²) in [4.78, 5) is 11.9. The summed E-state index contributed by atoms with van der Waals surface area (Å²) >= 11 is 4.79. The zero-order chi connectivity index (χ0) is 14.0. The van der Waals surface area contributed by atoms with Crippen molar-refractivity contribution in [3.8, 4) is 0 Å². The van der Waals surface area contributed by atoms with Crippen molar-refractivity contribution in [3.05, 3.63) is 58.0 Å². The lowest BCUT2D eigenvalue weighted by Crippen LogP contribution is -2.24. The van der Waals surface area contributed by atoms with E-state index in [1.165, 1.54) is 6.07 Å². The molecule has 0 radical (unpaired) electrons. The molecule has 0 atom stereocenters. The van der Waals surface area contributed by atoms with E-state index in [0.29, 0.717) is 13.1 Å². The van der Waals surface area contributed by atoms with Crippen LogP contribution in [-0.4, -0.2) is 14.1 Å². The minimum absolute atomic E-state index is 0.0119. The minimum atomic E-state index is -0.449. The van der Waals surface area contributed by atoms with Crippen LogP contribution in [0.1, 0.15) is 18.1 Å². The molecule has 0 fully saturated rings. The van der Waals surface area contributed by atoms with Gasteiger partial charge in [0.2, 0.25) is 0 Å². The van der Waals surface area contributed by atoms with E-state index < -0.39 is 5.82 Å². The quantitative estimate of drug-likeness (QED) is 0.863. The van der Waals surface area contributed by atoms with Gasteiger partial charge in [0.15, 0.2) is 0 Å². The summed E-state index contributed by atoms with van der Waals surface area (Å²) in [7, 11) is 0. The molecule has 0 spiro atoms. The van der Waals surface area contributed by atoms with Crippen molar-refractivity contribution in [2.75, 3.05) is 0 Å². The Morgan fingerprint density at radius 2 is 2.05 bits per heavy atom. The van der Waals surface area contributed by atoms with Crippen molar-refractivity contribution >= 4 is 17.2 Å². The van der Waals surface area contributed by atoms with Gasteiger partial charge >= 0.3 is 5.69 Å². The van der Waals surface area contributed by atoms with Gasteiger partial charge in [-0.05, 0) is 24.6 Å². The van der Waals surface area contributed by atoms with E-state index in [2.05, 4.69) is 0 Å². The number of aryl methyl sites for hydroxylation is 1. The summed E-state index contributed by atoms with van der Waals surface area (Å²) in [6.07, 6.45) is 3.43. The Hall–Kier alpha value is -1.95. The molecule has 0 aliphatic heterocycles. The standard InChI is InChI=1S/C13H14FN3OS/c1-2-16-5-6-17(13(16)18)8-9-3-4-11(14)10(7-9)12(15)19/h3-7H,2,8H2,1H3,(H2,15,19). The van der Waals surface area contributed by atoms with Crippen molar-refractivity contribution in [2.45, 2.75) is 20.0 Å². The Kier molecular flexibility index (Phi) is 3.80. The molecule has 0 aliphatic rings. The van der Waals surface area contributed by atoms with E-state index in [9.17, 15) is 9.18 Å². The zero-order valence-electron chi connectivity index (χ0n) is 10.5. The summed E-state index contributed by atoms with van der Waals surface area (Å²) in [5.74, 6) is -0.449. The van der Waals surface area contributed by atoms with Gasteiger partial charge in [0.25, 0.3) is 0 Å². The average molecular weight is 279 g/mol. The van der Waals surface area contributed by atoms with Gasteiger partial charge in [-0.25, -0.2) is 9.18 Å². The van der Waals surface area contributed by atoms with Crippen molar-refractivity contribution in [1.29, 1.82) is 0 Å². The summed E-state index contributed by atoms with van der Waals surface area (Å²) in [6.45, 7) is 2.88. The summed E-state index contributed by atoms with van der Waals surface area (Å²) < 4.78 is 16.6. The van der Waals surface area contributed by atoms with E-state index in [0.717, 1.165) is 5.56 Å². The lowest BCUT2D eigenvalue weighted by atomic mass is 10.1. The number of imidazole rings is 1. The largest absolute Gasteiger partial charge is 0.389 e. The zero-order valence-corrected chi connectivity index (χ0v) is 11.3. The van der Waals surface area contributed by atoms with E-state index in [-0.39, 0.29) is 16.2 Å². The third-order valence-electron chi connectivity index (χ3n) is 2.91. The number of aromatic nitrogens is 2. The van der Waals surface area contributed by atoms with Gasteiger partial charge in [0, 0.05) is 24.5 Å². The smallest absolute Gasteiger partial charge is 0.328 e. The summed E-state index contributed by atoms with van der Waals surface area (Å²) in [5, 5.41) is 0. The molecule has 0 amide bonds. The van der Waals surface area contributed by atoms with Crippen LogP contribution in [0.25, 0.3) is 0 Å². The molecular formula is C13H14FN3OS. The molecule has 0 saturated heterocycles. The number of hydrogen-bond acceptors (Lipinski definition) is 2. The van der Waals surface area contributed by atoms with Crippen molar-refractivity contribution in [2.24, 2.45) is 5.73 Å². The number of nitrogens with zero attached hydrogens (tertiary/aromatic N) is 2. The molecule has 6 heteroatoms. The maximum absolute atomic E-state index is 13.5. The van der Waals surface area contributed by atoms with Crippen LogP contribution in [0.15, 0.2) is 35.4 Å². The molecule has 100 valence electrons. The van der Waals surface area contributed by atoms with E-state index in [1.54, 1.807) is 33.7 Å². The molecule has 4 nitrogen and oxygen atoms in total. The van der Waals surface area contributed by atoms with Crippen LogP contribution >= 0.6 is 12.2 Å². The van der Waals surface area contributed by atoms with Gasteiger partial charge in [0.1, 0.15) is 10.8 Å². The Labute approximate surface area is 115 Å². The number of nitrogens with two attached hydrogens (primary N) is 1. The van der Waals surface area contributed by atoms with Gasteiger partial charge < -0.3 is 5.73 Å². The molecule has 2 aromatic rings. The highest BCUT2D eigenvalue weighted by molar-refractivity contribution is 7.80. The Bertz CT molecular complexity index is 675. The summed E-state index contributed by atoms with van der Waals surface area (Å²) in [6, 6.07) is 4.51. The van der Waals surface area contributed by atoms with Crippen LogP contribution in [0.5, 0.6) is 0 Å². The van der Waals surface area contributed by atoms with Crippen LogP contribution in [0.4, 0.5) is 4.39 Å². The second-order valence-corrected chi connectivity index (χ2v) is 4.61. The molecule has 1 heterocycles. The number of halogens is 1. The second kappa shape index (κ2) is 5.36. The van der Waals surface area contributed by atoms with Crippen molar-refractivity contribution in [1.82, 2.24) is 9.13 Å². The van der Waals surface area contributed by atoms with Gasteiger partial charge in [-0.2, -0.15) is 0 Å². The molecule has 2 rings (SSSR count). The highest BCUT2D eigenvalue weighted by Crippen LogP contribution is 2.11. The predicted molar refractivity (Wildman–Crippen MR) is 75.8 cm³/mol. The maximum atomic E-state index is 13.5. The normalized spacial score (nSPS) is 10.6. The molecule has 0 aliphatic carbocycles. The molecule has 0 bridgehead atoms. The highest BCUT2D eigenvalue weighted by atomic mass is 32.1. The van der Waals surface area contributed by atoms with Crippen LogP contribution in [0.3, 0.4) is 0 Å². The summed E-state index contributed by atoms with van der Waals surface area (Å²) in [5.41, 5.74) is 6.34. The van der Waals surface area contributed by atoms with Crippen molar-refractivity contribution < 1.29 is 4.39 Å². The predicted octanol–water partition coefficient (Wildman–Crippen LogP) is 1.49.